The Labute approximate surface area is 99.8 Å². The largest absolute Gasteiger partial charge is 0.298 e. The molecule has 1 atom stereocenters. The van der Waals surface area contributed by atoms with E-state index in [0.717, 1.165) is 0 Å². The quantitative estimate of drug-likeness (QED) is 0.700. The fraction of sp³-hybridized carbons (Fsp3) is 0.429. The summed E-state index contributed by atoms with van der Waals surface area (Å²) in [6.45, 7) is 5.39. The first-order valence-electron chi connectivity index (χ1n) is 5.67. The van der Waals surface area contributed by atoms with Gasteiger partial charge in [-0.05, 0) is 30.2 Å². The number of rotatable bonds is 1. The second kappa shape index (κ2) is 3.76. The number of fused-ring (bicyclic) bond motifs is 1. The lowest BCUT2D eigenvalue weighted by Crippen LogP contribution is -2.31. The molecule has 1 aliphatic rings. The molecule has 1 aliphatic carbocycles. The van der Waals surface area contributed by atoms with E-state index in [1.165, 1.54) is 18.2 Å². The van der Waals surface area contributed by atoms with Crippen LogP contribution in [0.3, 0.4) is 0 Å². The van der Waals surface area contributed by atoms with Crippen molar-refractivity contribution in [3.63, 3.8) is 0 Å². The second-order valence-electron chi connectivity index (χ2n) is 5.54. The third-order valence-electron chi connectivity index (χ3n) is 3.13. The minimum atomic E-state index is -0.633. The lowest BCUT2D eigenvalue weighted by atomic mass is 9.81. The monoisotopic (exact) mass is 234 g/mol. The van der Waals surface area contributed by atoms with Crippen molar-refractivity contribution in [2.75, 3.05) is 0 Å². The number of benzene rings is 1. The average Bonchev–Trinajstić information content (AvgIpc) is 2.53. The Hall–Kier alpha value is -1.51. The van der Waals surface area contributed by atoms with E-state index in [4.69, 9.17) is 0 Å². The van der Waals surface area contributed by atoms with Crippen molar-refractivity contribution in [2.45, 2.75) is 27.2 Å². The van der Waals surface area contributed by atoms with Crippen LogP contribution in [0.15, 0.2) is 18.2 Å². The van der Waals surface area contributed by atoms with Crippen molar-refractivity contribution in [1.82, 2.24) is 0 Å². The molecule has 0 saturated heterocycles. The molecule has 1 unspecified atom stereocenters. The van der Waals surface area contributed by atoms with E-state index in [-0.39, 0.29) is 17.4 Å². The van der Waals surface area contributed by atoms with Gasteiger partial charge in [-0.2, -0.15) is 0 Å². The molecule has 0 radical (unpaired) electrons. The van der Waals surface area contributed by atoms with Crippen molar-refractivity contribution in [2.24, 2.45) is 11.3 Å². The highest BCUT2D eigenvalue weighted by Crippen LogP contribution is 2.32. The van der Waals surface area contributed by atoms with Gasteiger partial charge < -0.3 is 0 Å². The molecule has 2 rings (SSSR count). The van der Waals surface area contributed by atoms with E-state index in [1.807, 2.05) is 0 Å². The molecule has 0 amide bonds. The highest BCUT2D eigenvalue weighted by Gasteiger charge is 2.40. The molecule has 17 heavy (non-hydrogen) atoms. The predicted octanol–water partition coefficient (Wildman–Crippen LogP) is 2.80. The van der Waals surface area contributed by atoms with Crippen LogP contribution in [-0.2, 0) is 11.2 Å². The van der Waals surface area contributed by atoms with Gasteiger partial charge in [0, 0.05) is 11.0 Å². The Morgan fingerprint density at radius 3 is 2.59 bits per heavy atom. The van der Waals surface area contributed by atoms with Gasteiger partial charge in [0.05, 0.1) is 5.92 Å². The van der Waals surface area contributed by atoms with Crippen LogP contribution >= 0.6 is 0 Å². The van der Waals surface area contributed by atoms with Crippen LogP contribution in [0.1, 0.15) is 36.7 Å². The molecule has 0 spiro atoms. The summed E-state index contributed by atoms with van der Waals surface area (Å²) in [4.78, 5) is 24.2. The van der Waals surface area contributed by atoms with E-state index in [0.29, 0.717) is 17.5 Å². The molecule has 0 aliphatic heterocycles. The van der Waals surface area contributed by atoms with Gasteiger partial charge in [0.1, 0.15) is 11.6 Å². The molecule has 1 aromatic rings. The predicted molar refractivity (Wildman–Crippen MR) is 62.4 cm³/mol. The van der Waals surface area contributed by atoms with Gasteiger partial charge in [0.2, 0.25) is 0 Å². The van der Waals surface area contributed by atoms with Gasteiger partial charge in [-0.25, -0.2) is 4.39 Å². The molecular weight excluding hydrogens is 219 g/mol. The van der Waals surface area contributed by atoms with E-state index < -0.39 is 11.3 Å². The fourth-order valence-electron chi connectivity index (χ4n) is 2.21. The van der Waals surface area contributed by atoms with Crippen molar-refractivity contribution in [1.29, 1.82) is 0 Å². The molecule has 0 bridgehead atoms. The van der Waals surface area contributed by atoms with E-state index >= 15 is 0 Å². The Morgan fingerprint density at radius 1 is 1.35 bits per heavy atom. The molecule has 3 heteroatoms. The van der Waals surface area contributed by atoms with Gasteiger partial charge in [-0.15, -0.1) is 0 Å². The lowest BCUT2D eigenvalue weighted by molar-refractivity contribution is -0.128. The summed E-state index contributed by atoms with van der Waals surface area (Å²) in [6, 6.07) is 4.09. The van der Waals surface area contributed by atoms with Gasteiger partial charge in [0.25, 0.3) is 0 Å². The van der Waals surface area contributed by atoms with E-state index in [9.17, 15) is 14.0 Å². The molecule has 0 heterocycles. The average molecular weight is 234 g/mol. The first kappa shape index (κ1) is 12.0. The molecule has 90 valence electrons. The van der Waals surface area contributed by atoms with Gasteiger partial charge in [0.15, 0.2) is 5.78 Å². The summed E-state index contributed by atoms with van der Waals surface area (Å²) in [5.41, 5.74) is 0.604. The van der Waals surface area contributed by atoms with Gasteiger partial charge in [-0.1, -0.05) is 20.8 Å². The molecule has 0 saturated carbocycles. The third kappa shape index (κ3) is 2.02. The molecule has 0 N–H and O–H groups in total. The summed E-state index contributed by atoms with van der Waals surface area (Å²) in [5, 5.41) is 0. The number of Topliss-reactive ketones (excluding diaryl/α,β-unsaturated/α-hetero) is 2. The number of carbonyl (C=O) groups excluding carboxylic acids is 2. The minimum Gasteiger partial charge on any atom is -0.298 e. The Kier molecular flexibility index (Phi) is 2.64. The topological polar surface area (TPSA) is 34.1 Å². The highest BCUT2D eigenvalue weighted by molar-refractivity contribution is 6.15. The molecular formula is C14H15FO2. The van der Waals surface area contributed by atoms with Crippen molar-refractivity contribution >= 4 is 11.6 Å². The van der Waals surface area contributed by atoms with Crippen molar-refractivity contribution in [3.8, 4) is 0 Å². The second-order valence-corrected chi connectivity index (χ2v) is 5.54. The maximum absolute atomic E-state index is 13.1. The Bertz CT molecular complexity index is 497. The van der Waals surface area contributed by atoms with Crippen LogP contribution in [-0.4, -0.2) is 11.6 Å². The normalized spacial score (nSPS) is 19.3. The summed E-state index contributed by atoms with van der Waals surface area (Å²) < 4.78 is 13.1. The van der Waals surface area contributed by atoms with Gasteiger partial charge >= 0.3 is 0 Å². The Morgan fingerprint density at radius 2 is 2.00 bits per heavy atom. The number of hydrogen-bond donors (Lipinski definition) is 0. The first-order valence-corrected chi connectivity index (χ1v) is 5.67. The van der Waals surface area contributed by atoms with Gasteiger partial charge in [-0.3, -0.25) is 9.59 Å². The zero-order valence-corrected chi connectivity index (χ0v) is 10.2. The zero-order chi connectivity index (χ0) is 12.8. The summed E-state index contributed by atoms with van der Waals surface area (Å²) in [7, 11) is 0. The minimum absolute atomic E-state index is 0.0703. The molecule has 2 nitrogen and oxygen atoms in total. The van der Waals surface area contributed by atoms with Crippen LogP contribution in [0.5, 0.6) is 0 Å². The number of ketones is 2. The van der Waals surface area contributed by atoms with E-state index in [2.05, 4.69) is 0 Å². The molecule has 0 fully saturated rings. The van der Waals surface area contributed by atoms with E-state index in [1.54, 1.807) is 20.8 Å². The fourth-order valence-corrected chi connectivity index (χ4v) is 2.21. The number of halogens is 1. The first-order chi connectivity index (χ1) is 7.80. The molecule has 1 aromatic carbocycles. The van der Waals surface area contributed by atoms with Crippen LogP contribution in [0, 0.1) is 17.2 Å². The lowest BCUT2D eigenvalue weighted by Gasteiger charge is -2.20. The maximum Gasteiger partial charge on any atom is 0.173 e. The van der Waals surface area contributed by atoms with Crippen LogP contribution in [0.4, 0.5) is 4.39 Å². The Balaban J connectivity index is 2.35. The smallest absolute Gasteiger partial charge is 0.173 e. The van der Waals surface area contributed by atoms with Crippen LogP contribution in [0.25, 0.3) is 0 Å². The number of carbonyl (C=O) groups is 2. The molecule has 0 aromatic heterocycles. The summed E-state index contributed by atoms with van der Waals surface area (Å²) in [5.74, 6) is -1.23. The third-order valence-corrected chi connectivity index (χ3v) is 3.13. The summed E-state index contributed by atoms with van der Waals surface area (Å²) in [6.07, 6.45) is 0.335. The SMILES string of the molecule is CC(C)(C)C(=O)C1Cc2cc(F)ccc2C1=O. The highest BCUT2D eigenvalue weighted by atomic mass is 19.1. The maximum atomic E-state index is 13.1. The van der Waals surface area contributed by atoms with Crippen molar-refractivity contribution < 1.29 is 14.0 Å². The summed E-state index contributed by atoms with van der Waals surface area (Å²) >= 11 is 0. The van der Waals surface area contributed by atoms with Crippen molar-refractivity contribution in [3.05, 3.63) is 35.1 Å². The zero-order valence-electron chi connectivity index (χ0n) is 10.2. The number of hydrogen-bond acceptors (Lipinski definition) is 2. The standard InChI is InChI=1S/C14H15FO2/c1-14(2,3)13(17)11-7-8-6-9(15)4-5-10(8)12(11)16/h4-6,11H,7H2,1-3H3. The van der Waals surface area contributed by atoms with Crippen LogP contribution < -0.4 is 0 Å². The van der Waals surface area contributed by atoms with Crippen LogP contribution in [0.2, 0.25) is 0 Å².